The first kappa shape index (κ1) is 11.8. The molecule has 0 aliphatic carbocycles. The highest BCUT2D eigenvalue weighted by molar-refractivity contribution is 5.49. The van der Waals surface area contributed by atoms with Crippen molar-refractivity contribution in [3.05, 3.63) is 28.8 Å². The first-order valence-electron chi connectivity index (χ1n) is 5.26. The van der Waals surface area contributed by atoms with Crippen molar-refractivity contribution in [2.75, 3.05) is 7.11 Å². The van der Waals surface area contributed by atoms with Gasteiger partial charge in [0.05, 0.1) is 7.11 Å². The highest BCUT2D eigenvalue weighted by Crippen LogP contribution is 2.24. The molecule has 0 spiro atoms. The molecule has 0 fully saturated rings. The van der Waals surface area contributed by atoms with E-state index in [1.165, 1.54) is 16.7 Å². The van der Waals surface area contributed by atoms with E-state index in [0.717, 1.165) is 24.9 Å². The summed E-state index contributed by atoms with van der Waals surface area (Å²) in [5, 5.41) is 0. The number of hydrogen-bond acceptors (Lipinski definition) is 2. The van der Waals surface area contributed by atoms with E-state index in [-0.39, 0.29) is 0 Å². The Morgan fingerprint density at radius 3 is 2.53 bits per heavy atom. The van der Waals surface area contributed by atoms with E-state index in [4.69, 9.17) is 4.74 Å². The molecule has 1 aromatic rings. The van der Waals surface area contributed by atoms with Crippen LogP contribution in [0.1, 0.15) is 29.5 Å². The molecule has 1 rings (SSSR count). The van der Waals surface area contributed by atoms with Crippen LogP contribution in [0.2, 0.25) is 0 Å². The number of hydrogen-bond donors (Lipinski definition) is 0. The van der Waals surface area contributed by atoms with Gasteiger partial charge in [-0.25, -0.2) is 0 Å². The fraction of sp³-hybridized carbons (Fsp3) is 0.462. The smallest absolute Gasteiger partial charge is 0.122 e. The van der Waals surface area contributed by atoms with Gasteiger partial charge in [-0.3, -0.25) is 0 Å². The molecular weight excluding hydrogens is 188 g/mol. The van der Waals surface area contributed by atoms with Crippen molar-refractivity contribution in [1.29, 1.82) is 0 Å². The summed E-state index contributed by atoms with van der Waals surface area (Å²) in [5.41, 5.74) is 3.71. The molecule has 0 saturated carbocycles. The van der Waals surface area contributed by atoms with Gasteiger partial charge in [-0.2, -0.15) is 0 Å². The normalized spacial score (nSPS) is 10.1. The van der Waals surface area contributed by atoms with Crippen molar-refractivity contribution in [3.63, 3.8) is 0 Å². The molecular formula is C13H18O2. The van der Waals surface area contributed by atoms with Gasteiger partial charge in [-0.05, 0) is 49.4 Å². The number of benzene rings is 1. The minimum Gasteiger partial charge on any atom is -0.496 e. The number of ether oxygens (including phenoxy) is 1. The van der Waals surface area contributed by atoms with Crippen molar-refractivity contribution in [3.8, 4) is 5.75 Å². The summed E-state index contributed by atoms with van der Waals surface area (Å²) in [4.78, 5) is 10.2. The van der Waals surface area contributed by atoms with E-state index in [0.29, 0.717) is 6.42 Å². The van der Waals surface area contributed by atoms with Crippen LogP contribution in [0.25, 0.3) is 0 Å². The Hall–Kier alpha value is -1.31. The molecule has 0 amide bonds. The number of carbonyl (C=O) groups is 1. The van der Waals surface area contributed by atoms with Crippen LogP contribution >= 0.6 is 0 Å². The Kier molecular flexibility index (Phi) is 4.35. The van der Waals surface area contributed by atoms with Crippen molar-refractivity contribution in [2.24, 2.45) is 0 Å². The lowest BCUT2D eigenvalue weighted by atomic mass is 10.0. The highest BCUT2D eigenvalue weighted by atomic mass is 16.5. The Morgan fingerprint density at radius 1 is 1.27 bits per heavy atom. The van der Waals surface area contributed by atoms with Gasteiger partial charge in [-0.1, -0.05) is 6.07 Å². The molecule has 0 saturated heterocycles. The summed E-state index contributed by atoms with van der Waals surface area (Å²) < 4.78 is 5.32. The van der Waals surface area contributed by atoms with Crippen LogP contribution in [0.3, 0.4) is 0 Å². The molecule has 0 aromatic heterocycles. The molecule has 82 valence electrons. The Bertz CT molecular complexity index is 343. The van der Waals surface area contributed by atoms with Crippen molar-refractivity contribution in [1.82, 2.24) is 0 Å². The van der Waals surface area contributed by atoms with E-state index < -0.39 is 0 Å². The largest absolute Gasteiger partial charge is 0.496 e. The SMILES string of the molecule is COc1cc(C)c(C)cc1CCCC=O. The first-order chi connectivity index (χ1) is 7.19. The zero-order valence-corrected chi connectivity index (χ0v) is 9.67. The number of rotatable bonds is 5. The number of methoxy groups -OCH3 is 1. The number of carbonyl (C=O) groups excluding carboxylic acids is 1. The molecule has 2 nitrogen and oxygen atoms in total. The van der Waals surface area contributed by atoms with Crippen LogP contribution in [0.5, 0.6) is 5.75 Å². The second-order valence-corrected chi connectivity index (χ2v) is 3.81. The summed E-state index contributed by atoms with van der Waals surface area (Å²) in [6.45, 7) is 4.17. The van der Waals surface area contributed by atoms with Crippen LogP contribution in [-0.2, 0) is 11.2 Å². The molecule has 0 atom stereocenters. The first-order valence-corrected chi connectivity index (χ1v) is 5.26. The average Bonchev–Trinajstić information content (AvgIpc) is 2.23. The van der Waals surface area contributed by atoms with Crippen molar-refractivity contribution >= 4 is 6.29 Å². The maximum atomic E-state index is 10.2. The standard InChI is InChI=1S/C13H18O2/c1-10-8-12(6-4-5-7-14)13(15-3)9-11(10)2/h7-9H,4-6H2,1-3H3. The van der Waals surface area contributed by atoms with E-state index >= 15 is 0 Å². The second-order valence-electron chi connectivity index (χ2n) is 3.81. The van der Waals surface area contributed by atoms with E-state index in [9.17, 15) is 4.79 Å². The van der Waals surface area contributed by atoms with Gasteiger partial charge in [0.15, 0.2) is 0 Å². The molecule has 2 heteroatoms. The topological polar surface area (TPSA) is 26.3 Å². The fourth-order valence-corrected chi connectivity index (χ4v) is 1.61. The Labute approximate surface area is 91.3 Å². The third-order valence-corrected chi connectivity index (χ3v) is 2.66. The predicted octanol–water partition coefficient (Wildman–Crippen LogP) is 2.83. The minimum atomic E-state index is 0.621. The van der Waals surface area contributed by atoms with Gasteiger partial charge >= 0.3 is 0 Å². The minimum absolute atomic E-state index is 0.621. The lowest BCUT2D eigenvalue weighted by Crippen LogP contribution is -1.95. The Morgan fingerprint density at radius 2 is 1.93 bits per heavy atom. The molecule has 0 heterocycles. The lowest BCUT2D eigenvalue weighted by Gasteiger charge is -2.11. The van der Waals surface area contributed by atoms with Gasteiger partial charge in [0.25, 0.3) is 0 Å². The van der Waals surface area contributed by atoms with Gasteiger partial charge in [0.2, 0.25) is 0 Å². The van der Waals surface area contributed by atoms with Gasteiger partial charge in [0.1, 0.15) is 12.0 Å². The molecule has 15 heavy (non-hydrogen) atoms. The molecule has 0 aliphatic heterocycles. The zero-order valence-electron chi connectivity index (χ0n) is 9.67. The monoisotopic (exact) mass is 206 g/mol. The third kappa shape index (κ3) is 3.08. The fourth-order valence-electron chi connectivity index (χ4n) is 1.61. The highest BCUT2D eigenvalue weighted by Gasteiger charge is 2.05. The Balaban J connectivity index is 2.84. The number of unbranched alkanes of at least 4 members (excludes halogenated alkanes) is 1. The molecule has 0 N–H and O–H groups in total. The van der Waals surface area contributed by atoms with Gasteiger partial charge < -0.3 is 9.53 Å². The molecule has 0 bridgehead atoms. The van der Waals surface area contributed by atoms with Gasteiger partial charge in [-0.15, -0.1) is 0 Å². The van der Waals surface area contributed by atoms with Gasteiger partial charge in [0, 0.05) is 6.42 Å². The zero-order chi connectivity index (χ0) is 11.3. The summed E-state index contributed by atoms with van der Waals surface area (Å²) in [6.07, 6.45) is 3.38. The van der Waals surface area contributed by atoms with E-state index in [1.807, 2.05) is 0 Å². The molecule has 0 radical (unpaired) electrons. The van der Waals surface area contributed by atoms with Crippen LogP contribution in [-0.4, -0.2) is 13.4 Å². The van der Waals surface area contributed by atoms with Crippen LogP contribution in [0.4, 0.5) is 0 Å². The van der Waals surface area contributed by atoms with Crippen molar-refractivity contribution in [2.45, 2.75) is 33.1 Å². The van der Waals surface area contributed by atoms with E-state index in [2.05, 4.69) is 26.0 Å². The third-order valence-electron chi connectivity index (χ3n) is 2.66. The summed E-state index contributed by atoms with van der Waals surface area (Å²) in [5.74, 6) is 0.934. The van der Waals surface area contributed by atoms with Crippen molar-refractivity contribution < 1.29 is 9.53 Å². The molecule has 1 aromatic carbocycles. The van der Waals surface area contributed by atoms with Crippen LogP contribution in [0.15, 0.2) is 12.1 Å². The predicted molar refractivity (Wildman–Crippen MR) is 61.5 cm³/mol. The lowest BCUT2D eigenvalue weighted by molar-refractivity contribution is -0.107. The average molecular weight is 206 g/mol. The molecule has 0 unspecified atom stereocenters. The quantitative estimate of drug-likeness (QED) is 0.547. The number of aldehydes is 1. The summed E-state index contributed by atoms with van der Waals surface area (Å²) in [6, 6.07) is 4.21. The van der Waals surface area contributed by atoms with E-state index in [1.54, 1.807) is 7.11 Å². The molecule has 0 aliphatic rings. The summed E-state index contributed by atoms with van der Waals surface area (Å²) in [7, 11) is 1.69. The maximum Gasteiger partial charge on any atom is 0.122 e. The number of aryl methyl sites for hydroxylation is 3. The summed E-state index contributed by atoms with van der Waals surface area (Å²) >= 11 is 0. The second kappa shape index (κ2) is 5.54. The maximum absolute atomic E-state index is 10.2. The van der Waals surface area contributed by atoms with Crippen LogP contribution in [0, 0.1) is 13.8 Å². The van der Waals surface area contributed by atoms with Crippen LogP contribution < -0.4 is 4.74 Å².